The third-order valence-electron chi connectivity index (χ3n) is 11.1. The van der Waals surface area contributed by atoms with Crippen LogP contribution in [0, 0.1) is 11.3 Å². The van der Waals surface area contributed by atoms with Crippen LogP contribution >= 0.6 is 0 Å². The highest BCUT2D eigenvalue weighted by Gasteiger charge is 2.52. The number of hydrogen-bond acceptors (Lipinski definition) is 5. The quantitative estimate of drug-likeness (QED) is 0.0665. The largest absolute Gasteiger partial charge is 0.497 e. The van der Waals surface area contributed by atoms with Gasteiger partial charge in [0.2, 0.25) is 0 Å². The molecule has 3 aromatic rings. The maximum Gasteiger partial charge on any atom is 0.310 e. The maximum absolute atomic E-state index is 13.8. The van der Waals surface area contributed by atoms with Gasteiger partial charge in [0.15, 0.2) is 8.32 Å². The number of rotatable bonds is 21. The summed E-state index contributed by atoms with van der Waals surface area (Å²) < 4.78 is 25.3. The SMILES string of the molecule is C/C=C/[C@H](CO[Si](c1ccccc1)(c1ccccc1)C(C)(C)C)[C@@](CCCCOCc1ccc(OC)cc1)(CCCO[Si](C)(C)C(C)(C)C)C(=O)O. The molecule has 286 valence electrons. The normalized spacial score (nSPS) is 14.7. The van der Waals surface area contributed by atoms with Crippen LogP contribution in [0.25, 0.3) is 0 Å². The second kappa shape index (κ2) is 19.4. The molecular weight excluding hydrogens is 681 g/mol. The van der Waals surface area contributed by atoms with Gasteiger partial charge in [-0.25, -0.2) is 0 Å². The first-order valence-corrected chi connectivity index (χ1v) is 23.8. The van der Waals surface area contributed by atoms with Crippen LogP contribution in [0.2, 0.25) is 23.2 Å². The summed E-state index contributed by atoms with van der Waals surface area (Å²) in [4.78, 5) is 13.8. The molecule has 0 saturated heterocycles. The molecule has 3 aromatic carbocycles. The van der Waals surface area contributed by atoms with Crippen molar-refractivity contribution in [3.05, 3.63) is 103 Å². The molecule has 0 spiro atoms. The standard InChI is InChI=1S/C44H66O6Si2/c1-11-21-37(35-50-52(43(5,6)7,39-22-14-12-15-23-39)40-24-16-13-17-25-40)44(41(45)46,31-20-33-49-51(9,10)42(2,3)4)30-18-19-32-48-34-36-26-28-38(47-8)29-27-36/h11-17,21-29,37H,18-20,30-35H2,1-10H3,(H,45,46)/b21-11+/t37-,44-/m1/s1. The van der Waals surface area contributed by atoms with E-state index in [1.807, 2.05) is 49.4 Å². The summed E-state index contributed by atoms with van der Waals surface area (Å²) in [7, 11) is -3.23. The van der Waals surface area contributed by atoms with Crippen LogP contribution in [0.4, 0.5) is 0 Å². The van der Waals surface area contributed by atoms with Crippen LogP contribution in [-0.4, -0.2) is 54.6 Å². The number of carboxylic acids is 1. The second-order valence-corrected chi connectivity index (χ2v) is 25.8. The summed E-state index contributed by atoms with van der Waals surface area (Å²) in [6.45, 7) is 21.9. The lowest BCUT2D eigenvalue weighted by atomic mass is 9.69. The molecule has 0 fully saturated rings. The van der Waals surface area contributed by atoms with E-state index in [-0.39, 0.29) is 16.0 Å². The third kappa shape index (κ3) is 11.0. The van der Waals surface area contributed by atoms with Crippen molar-refractivity contribution in [1.29, 1.82) is 0 Å². The average Bonchev–Trinajstić information content (AvgIpc) is 3.10. The Balaban J connectivity index is 1.92. The zero-order valence-electron chi connectivity index (χ0n) is 33.7. The van der Waals surface area contributed by atoms with Crippen LogP contribution in [0.5, 0.6) is 5.75 Å². The maximum atomic E-state index is 13.8. The second-order valence-electron chi connectivity index (χ2n) is 16.6. The van der Waals surface area contributed by atoms with Gasteiger partial charge >= 0.3 is 5.97 Å². The Labute approximate surface area is 317 Å². The number of carboxylic acid groups (broad SMARTS) is 1. The zero-order chi connectivity index (χ0) is 38.5. The molecule has 0 heterocycles. The summed E-state index contributed by atoms with van der Waals surface area (Å²) in [5.74, 6) is -0.295. The van der Waals surface area contributed by atoms with E-state index in [2.05, 4.69) is 109 Å². The average molecular weight is 747 g/mol. The molecule has 0 unspecified atom stereocenters. The van der Waals surface area contributed by atoms with E-state index in [1.54, 1.807) is 7.11 Å². The number of methoxy groups -OCH3 is 1. The van der Waals surface area contributed by atoms with Crippen molar-refractivity contribution in [2.45, 2.75) is 110 Å². The number of benzene rings is 3. The lowest BCUT2D eigenvalue weighted by molar-refractivity contribution is -0.154. The first-order valence-electron chi connectivity index (χ1n) is 19.0. The minimum atomic E-state index is -2.90. The lowest BCUT2D eigenvalue weighted by Crippen LogP contribution is -2.67. The molecule has 0 aliphatic carbocycles. The minimum Gasteiger partial charge on any atom is -0.497 e. The molecule has 0 aliphatic rings. The van der Waals surface area contributed by atoms with E-state index < -0.39 is 28.0 Å². The van der Waals surface area contributed by atoms with Gasteiger partial charge in [-0.1, -0.05) is 126 Å². The summed E-state index contributed by atoms with van der Waals surface area (Å²) in [5, 5.41) is 13.5. The van der Waals surface area contributed by atoms with Gasteiger partial charge in [-0.2, -0.15) is 0 Å². The van der Waals surface area contributed by atoms with E-state index >= 15 is 0 Å². The van der Waals surface area contributed by atoms with Crippen molar-refractivity contribution in [3.63, 3.8) is 0 Å². The van der Waals surface area contributed by atoms with E-state index in [9.17, 15) is 9.90 Å². The Morgan fingerprint density at radius 1 is 0.750 bits per heavy atom. The molecule has 0 saturated carbocycles. The molecule has 0 aliphatic heterocycles. The highest BCUT2D eigenvalue weighted by molar-refractivity contribution is 6.99. The van der Waals surface area contributed by atoms with Crippen LogP contribution in [0.1, 0.15) is 86.1 Å². The molecule has 52 heavy (non-hydrogen) atoms. The van der Waals surface area contributed by atoms with Crippen LogP contribution < -0.4 is 15.1 Å². The van der Waals surface area contributed by atoms with Crippen molar-refractivity contribution < 1.29 is 28.2 Å². The molecule has 0 radical (unpaired) electrons. The number of ether oxygens (including phenoxy) is 2. The Kier molecular flexibility index (Phi) is 16.1. The first-order chi connectivity index (χ1) is 24.5. The molecule has 0 aromatic heterocycles. The molecular formula is C44H66O6Si2. The fraction of sp³-hybridized carbons (Fsp3) is 0.523. The fourth-order valence-corrected chi connectivity index (χ4v) is 12.6. The van der Waals surface area contributed by atoms with Crippen molar-refractivity contribution >= 4 is 33.0 Å². The fourth-order valence-electron chi connectivity index (χ4n) is 6.96. The van der Waals surface area contributed by atoms with Gasteiger partial charge in [-0.05, 0) is 90.3 Å². The summed E-state index contributed by atoms with van der Waals surface area (Å²) in [6, 6.07) is 29.0. The van der Waals surface area contributed by atoms with Gasteiger partial charge < -0.3 is 23.4 Å². The molecule has 6 nitrogen and oxygen atoms in total. The Morgan fingerprint density at radius 3 is 1.79 bits per heavy atom. The van der Waals surface area contributed by atoms with Gasteiger partial charge in [-0.3, -0.25) is 4.79 Å². The first kappa shape index (κ1) is 43.4. The van der Waals surface area contributed by atoms with Crippen molar-refractivity contribution in [2.75, 3.05) is 26.9 Å². The van der Waals surface area contributed by atoms with Crippen molar-refractivity contribution in [2.24, 2.45) is 11.3 Å². The number of aliphatic carboxylic acids is 1. The number of carbonyl (C=O) groups is 1. The van der Waals surface area contributed by atoms with E-state index in [0.29, 0.717) is 45.7 Å². The van der Waals surface area contributed by atoms with E-state index in [0.717, 1.165) is 24.2 Å². The Bertz CT molecular complexity index is 1470. The van der Waals surface area contributed by atoms with E-state index in [1.165, 1.54) is 10.4 Å². The van der Waals surface area contributed by atoms with Gasteiger partial charge in [-0.15, -0.1) is 0 Å². The van der Waals surface area contributed by atoms with Crippen molar-refractivity contribution in [1.82, 2.24) is 0 Å². The zero-order valence-corrected chi connectivity index (χ0v) is 35.7. The smallest absolute Gasteiger partial charge is 0.310 e. The lowest BCUT2D eigenvalue weighted by Gasteiger charge is -2.45. The highest BCUT2D eigenvalue weighted by Crippen LogP contribution is 2.44. The van der Waals surface area contributed by atoms with Crippen LogP contribution in [-0.2, 0) is 25.0 Å². The predicted octanol–water partition coefficient (Wildman–Crippen LogP) is 10.0. The Hall–Kier alpha value is -3.02. The highest BCUT2D eigenvalue weighted by atomic mass is 28.4. The van der Waals surface area contributed by atoms with Gasteiger partial charge in [0.05, 0.1) is 19.1 Å². The molecule has 0 bridgehead atoms. The number of unbranched alkanes of at least 4 members (excludes halogenated alkanes) is 1. The number of allylic oxidation sites excluding steroid dienone is 1. The van der Waals surface area contributed by atoms with Gasteiger partial charge in [0.25, 0.3) is 8.32 Å². The topological polar surface area (TPSA) is 74.2 Å². The number of hydrogen-bond donors (Lipinski definition) is 1. The summed E-state index contributed by atoms with van der Waals surface area (Å²) in [6.07, 6.45) is 7.27. The minimum absolute atomic E-state index is 0.0832. The Morgan fingerprint density at radius 2 is 1.31 bits per heavy atom. The molecule has 0 amide bonds. The monoisotopic (exact) mass is 746 g/mol. The molecule has 1 N–H and O–H groups in total. The van der Waals surface area contributed by atoms with Crippen LogP contribution in [0.15, 0.2) is 97.1 Å². The molecule has 8 heteroatoms. The van der Waals surface area contributed by atoms with Gasteiger partial charge in [0, 0.05) is 25.7 Å². The molecule has 3 rings (SSSR count). The van der Waals surface area contributed by atoms with Crippen LogP contribution in [0.3, 0.4) is 0 Å². The van der Waals surface area contributed by atoms with Gasteiger partial charge in [0.1, 0.15) is 5.75 Å². The van der Waals surface area contributed by atoms with Crippen molar-refractivity contribution in [3.8, 4) is 5.75 Å². The summed E-state index contributed by atoms with van der Waals surface area (Å²) in [5.41, 5.74) is 0.0426. The van der Waals surface area contributed by atoms with E-state index in [4.69, 9.17) is 18.3 Å². The summed E-state index contributed by atoms with van der Waals surface area (Å²) >= 11 is 0. The predicted molar refractivity (Wildman–Crippen MR) is 221 cm³/mol. The third-order valence-corrected chi connectivity index (χ3v) is 20.6. The molecule has 2 atom stereocenters.